The Labute approximate surface area is 190 Å². The van der Waals surface area contributed by atoms with Crippen LogP contribution >= 0.6 is 11.8 Å². The van der Waals surface area contributed by atoms with Gasteiger partial charge in [0.1, 0.15) is 19.0 Å². The Morgan fingerprint density at radius 3 is 2.62 bits per heavy atom. The van der Waals surface area contributed by atoms with Crippen molar-refractivity contribution >= 4 is 17.7 Å². The maximum Gasteiger partial charge on any atom is 0.233 e. The van der Waals surface area contributed by atoms with Crippen LogP contribution in [0.25, 0.3) is 0 Å². The largest absolute Gasteiger partial charge is 0.497 e. The third-order valence-corrected chi connectivity index (χ3v) is 5.97. The molecule has 0 bridgehead atoms. The summed E-state index contributed by atoms with van der Waals surface area (Å²) in [6, 6.07) is 13.5. The highest BCUT2D eigenvalue weighted by Gasteiger charge is 2.18. The van der Waals surface area contributed by atoms with Crippen molar-refractivity contribution in [2.75, 3.05) is 32.6 Å². The molecule has 0 spiro atoms. The standard InChI is InChI=1S/C22H25N5O4S/c1-3-26(13-17-6-9-19-20(12-17)31-11-10-30-19)21(28)15-32-22-23-24-25-27(22)14-16-4-7-18(29-2)8-5-16/h4-9,12H,3,10-11,13-15H2,1-2H3. The lowest BCUT2D eigenvalue weighted by Gasteiger charge is -2.23. The summed E-state index contributed by atoms with van der Waals surface area (Å²) in [5.41, 5.74) is 2.04. The highest BCUT2D eigenvalue weighted by atomic mass is 32.2. The number of benzene rings is 2. The molecule has 1 aliphatic heterocycles. The lowest BCUT2D eigenvalue weighted by atomic mass is 10.2. The molecule has 0 saturated carbocycles. The third kappa shape index (κ3) is 5.31. The highest BCUT2D eigenvalue weighted by Crippen LogP contribution is 2.31. The molecule has 0 fully saturated rings. The van der Waals surface area contributed by atoms with E-state index in [4.69, 9.17) is 14.2 Å². The van der Waals surface area contributed by atoms with E-state index in [-0.39, 0.29) is 11.7 Å². The summed E-state index contributed by atoms with van der Waals surface area (Å²) in [6.07, 6.45) is 0. The van der Waals surface area contributed by atoms with Gasteiger partial charge in [-0.15, -0.1) is 5.10 Å². The molecular weight excluding hydrogens is 430 g/mol. The van der Waals surface area contributed by atoms with Crippen molar-refractivity contribution in [1.29, 1.82) is 0 Å². The summed E-state index contributed by atoms with van der Waals surface area (Å²) in [7, 11) is 1.63. The summed E-state index contributed by atoms with van der Waals surface area (Å²) >= 11 is 1.33. The second-order valence-electron chi connectivity index (χ2n) is 7.14. The van der Waals surface area contributed by atoms with Crippen LogP contribution in [0.5, 0.6) is 17.2 Å². The van der Waals surface area contributed by atoms with Crippen LogP contribution in [0.3, 0.4) is 0 Å². The fourth-order valence-electron chi connectivity index (χ4n) is 3.30. The fourth-order valence-corrected chi connectivity index (χ4v) is 4.08. The van der Waals surface area contributed by atoms with Crippen LogP contribution in [-0.4, -0.2) is 63.6 Å². The van der Waals surface area contributed by atoms with Crippen LogP contribution < -0.4 is 14.2 Å². The molecule has 0 radical (unpaired) electrons. The normalized spacial score (nSPS) is 12.4. The minimum Gasteiger partial charge on any atom is -0.497 e. The summed E-state index contributed by atoms with van der Waals surface area (Å²) in [6.45, 7) is 4.68. The minimum atomic E-state index is 0.0198. The molecule has 0 saturated heterocycles. The number of aromatic nitrogens is 4. The monoisotopic (exact) mass is 455 g/mol. The number of carbonyl (C=O) groups is 1. The molecule has 0 atom stereocenters. The molecule has 3 aromatic rings. The van der Waals surface area contributed by atoms with E-state index in [1.165, 1.54) is 11.8 Å². The van der Waals surface area contributed by atoms with Crippen molar-refractivity contribution < 1.29 is 19.0 Å². The summed E-state index contributed by atoms with van der Waals surface area (Å²) in [5, 5.41) is 12.5. The molecule has 1 amide bonds. The number of fused-ring (bicyclic) bond motifs is 1. The maximum absolute atomic E-state index is 12.9. The molecule has 168 valence electrons. The average molecular weight is 456 g/mol. The van der Waals surface area contributed by atoms with Crippen molar-refractivity contribution in [2.45, 2.75) is 25.2 Å². The van der Waals surface area contributed by atoms with E-state index in [9.17, 15) is 4.79 Å². The average Bonchev–Trinajstić information content (AvgIpc) is 3.28. The van der Waals surface area contributed by atoms with Crippen LogP contribution in [0, 0.1) is 0 Å². The van der Waals surface area contributed by atoms with Gasteiger partial charge in [-0.25, -0.2) is 4.68 Å². The van der Waals surface area contributed by atoms with Crippen LogP contribution in [0.4, 0.5) is 0 Å². The molecule has 0 N–H and O–H groups in total. The highest BCUT2D eigenvalue weighted by molar-refractivity contribution is 7.99. The van der Waals surface area contributed by atoms with Gasteiger partial charge in [-0.1, -0.05) is 30.0 Å². The van der Waals surface area contributed by atoms with Gasteiger partial charge in [0, 0.05) is 13.1 Å². The summed E-state index contributed by atoms with van der Waals surface area (Å²) in [5.74, 6) is 2.54. The van der Waals surface area contributed by atoms with Crippen molar-refractivity contribution in [3.05, 3.63) is 53.6 Å². The van der Waals surface area contributed by atoms with E-state index in [1.54, 1.807) is 16.7 Å². The molecular formula is C22H25N5O4S. The van der Waals surface area contributed by atoms with Crippen molar-refractivity contribution in [3.8, 4) is 17.2 Å². The van der Waals surface area contributed by atoms with E-state index >= 15 is 0 Å². The van der Waals surface area contributed by atoms with Crippen molar-refractivity contribution in [2.24, 2.45) is 0 Å². The van der Waals surface area contributed by atoms with Crippen LogP contribution in [0.15, 0.2) is 47.6 Å². The molecule has 32 heavy (non-hydrogen) atoms. The molecule has 1 aromatic heterocycles. The fraction of sp³-hybridized carbons (Fsp3) is 0.364. The number of tetrazole rings is 1. The van der Waals surface area contributed by atoms with E-state index < -0.39 is 0 Å². The minimum absolute atomic E-state index is 0.0198. The van der Waals surface area contributed by atoms with Gasteiger partial charge in [0.15, 0.2) is 11.5 Å². The van der Waals surface area contributed by atoms with Crippen LogP contribution in [-0.2, 0) is 17.9 Å². The third-order valence-electron chi connectivity index (χ3n) is 5.03. The number of ether oxygens (including phenoxy) is 3. The van der Waals surface area contributed by atoms with E-state index in [0.29, 0.717) is 38.0 Å². The van der Waals surface area contributed by atoms with Gasteiger partial charge >= 0.3 is 0 Å². The van der Waals surface area contributed by atoms with Gasteiger partial charge in [-0.2, -0.15) is 0 Å². The lowest BCUT2D eigenvalue weighted by molar-refractivity contribution is -0.128. The van der Waals surface area contributed by atoms with Gasteiger partial charge < -0.3 is 19.1 Å². The Morgan fingerprint density at radius 2 is 1.88 bits per heavy atom. The number of hydrogen-bond donors (Lipinski definition) is 0. The Kier molecular flexibility index (Phi) is 7.10. The zero-order valence-corrected chi connectivity index (χ0v) is 18.9. The van der Waals surface area contributed by atoms with Gasteiger partial charge in [0.2, 0.25) is 11.1 Å². The Balaban J connectivity index is 1.35. The van der Waals surface area contributed by atoms with Crippen molar-refractivity contribution in [3.63, 3.8) is 0 Å². The quantitative estimate of drug-likeness (QED) is 0.455. The number of thioether (sulfide) groups is 1. The molecule has 1 aliphatic rings. The molecule has 9 nitrogen and oxygen atoms in total. The smallest absolute Gasteiger partial charge is 0.233 e. The van der Waals surface area contributed by atoms with Gasteiger partial charge in [-0.05, 0) is 52.7 Å². The van der Waals surface area contributed by atoms with Gasteiger partial charge in [0.05, 0.1) is 19.4 Å². The summed E-state index contributed by atoms with van der Waals surface area (Å²) < 4.78 is 18.1. The Bertz CT molecular complexity index is 1060. The number of amides is 1. The zero-order chi connectivity index (χ0) is 22.3. The second-order valence-corrected chi connectivity index (χ2v) is 8.08. The van der Waals surface area contributed by atoms with E-state index in [2.05, 4.69) is 15.5 Å². The van der Waals surface area contributed by atoms with Crippen molar-refractivity contribution in [1.82, 2.24) is 25.1 Å². The number of nitrogens with zero attached hydrogens (tertiary/aromatic N) is 5. The maximum atomic E-state index is 12.9. The predicted molar refractivity (Wildman–Crippen MR) is 119 cm³/mol. The molecule has 2 heterocycles. The molecule has 0 unspecified atom stereocenters. The number of hydrogen-bond acceptors (Lipinski definition) is 8. The molecule has 0 aliphatic carbocycles. The zero-order valence-electron chi connectivity index (χ0n) is 18.1. The van der Waals surface area contributed by atoms with E-state index in [1.807, 2.05) is 49.4 Å². The molecule has 10 heteroatoms. The number of methoxy groups -OCH3 is 1. The van der Waals surface area contributed by atoms with Gasteiger partial charge in [-0.3, -0.25) is 4.79 Å². The first kappa shape index (κ1) is 21.9. The second kappa shape index (κ2) is 10.4. The summed E-state index contributed by atoms with van der Waals surface area (Å²) in [4.78, 5) is 14.7. The molecule has 2 aromatic carbocycles. The first-order valence-electron chi connectivity index (χ1n) is 10.3. The number of carbonyl (C=O) groups excluding carboxylic acids is 1. The first-order valence-corrected chi connectivity index (χ1v) is 11.3. The van der Waals surface area contributed by atoms with Gasteiger partial charge in [0.25, 0.3) is 0 Å². The lowest BCUT2D eigenvalue weighted by Crippen LogP contribution is -2.32. The van der Waals surface area contributed by atoms with Crippen LogP contribution in [0.2, 0.25) is 0 Å². The predicted octanol–water partition coefficient (Wildman–Crippen LogP) is 2.64. The Morgan fingerprint density at radius 1 is 1.12 bits per heavy atom. The number of rotatable bonds is 9. The SMILES string of the molecule is CCN(Cc1ccc2c(c1)OCCO2)C(=O)CSc1nnnn1Cc1ccc(OC)cc1. The topological polar surface area (TPSA) is 91.6 Å². The Hall–Kier alpha value is -3.27. The molecule has 4 rings (SSSR count). The van der Waals surface area contributed by atoms with E-state index in [0.717, 1.165) is 28.4 Å². The first-order chi connectivity index (χ1) is 15.7. The van der Waals surface area contributed by atoms with Crippen LogP contribution in [0.1, 0.15) is 18.1 Å².